The molecule has 19 heavy (non-hydrogen) atoms. The van der Waals surface area contributed by atoms with Crippen LogP contribution in [0.15, 0.2) is 30.3 Å². The Balaban J connectivity index is 2.48. The van der Waals surface area contributed by atoms with Crippen molar-refractivity contribution in [1.29, 1.82) is 0 Å². The van der Waals surface area contributed by atoms with Crippen molar-refractivity contribution in [3.05, 3.63) is 40.8 Å². The molecule has 0 bridgehead atoms. The highest BCUT2D eigenvalue weighted by molar-refractivity contribution is 7.17. The number of hydrogen-bond donors (Lipinski definition) is 2. The molecule has 0 saturated carbocycles. The monoisotopic (exact) mass is 287 g/mol. The standard InChI is InChI=1S/C12H8F3NO2S/c13-12(14,15)7-3-1-2-6(4-7)9-5-8(16)10(19-9)11(17)18/h1-5H,16H2,(H,17,18). The third-order valence-electron chi connectivity index (χ3n) is 2.43. The Bertz CT molecular complexity index is 634. The molecule has 0 atom stereocenters. The molecule has 0 spiro atoms. The number of aromatic carboxylic acids is 1. The number of thiophene rings is 1. The minimum Gasteiger partial charge on any atom is -0.477 e. The Hall–Kier alpha value is -2.02. The highest BCUT2D eigenvalue weighted by Gasteiger charge is 2.30. The molecule has 2 rings (SSSR count). The number of nitrogens with two attached hydrogens (primary N) is 1. The summed E-state index contributed by atoms with van der Waals surface area (Å²) in [6.45, 7) is 0. The zero-order valence-electron chi connectivity index (χ0n) is 9.36. The fourth-order valence-corrected chi connectivity index (χ4v) is 2.48. The number of anilines is 1. The van der Waals surface area contributed by atoms with Crippen LogP contribution in [0.5, 0.6) is 0 Å². The van der Waals surface area contributed by atoms with E-state index < -0.39 is 17.7 Å². The third kappa shape index (κ3) is 2.70. The van der Waals surface area contributed by atoms with Crippen molar-refractivity contribution < 1.29 is 23.1 Å². The largest absolute Gasteiger partial charge is 0.477 e. The van der Waals surface area contributed by atoms with Crippen LogP contribution in [-0.2, 0) is 6.18 Å². The van der Waals surface area contributed by atoms with Crippen LogP contribution in [0.2, 0.25) is 0 Å². The molecule has 0 fully saturated rings. The molecular formula is C12H8F3NO2S. The summed E-state index contributed by atoms with van der Waals surface area (Å²) in [5, 5.41) is 8.86. The maximum absolute atomic E-state index is 12.6. The van der Waals surface area contributed by atoms with E-state index in [1.165, 1.54) is 18.2 Å². The van der Waals surface area contributed by atoms with Gasteiger partial charge in [-0.3, -0.25) is 0 Å². The van der Waals surface area contributed by atoms with Gasteiger partial charge in [0.25, 0.3) is 0 Å². The van der Waals surface area contributed by atoms with E-state index in [9.17, 15) is 18.0 Å². The van der Waals surface area contributed by atoms with E-state index in [4.69, 9.17) is 10.8 Å². The lowest BCUT2D eigenvalue weighted by Gasteiger charge is -2.07. The zero-order valence-corrected chi connectivity index (χ0v) is 10.2. The summed E-state index contributed by atoms with van der Waals surface area (Å²) in [5.41, 5.74) is 5.06. The molecule has 3 nitrogen and oxygen atoms in total. The average molecular weight is 287 g/mol. The van der Waals surface area contributed by atoms with Gasteiger partial charge in [0.15, 0.2) is 0 Å². The highest BCUT2D eigenvalue weighted by atomic mass is 32.1. The van der Waals surface area contributed by atoms with Crippen LogP contribution >= 0.6 is 11.3 Å². The van der Waals surface area contributed by atoms with Gasteiger partial charge in [0, 0.05) is 4.88 Å². The molecule has 1 aromatic carbocycles. The lowest BCUT2D eigenvalue weighted by Crippen LogP contribution is -2.04. The number of halogens is 3. The van der Waals surface area contributed by atoms with Gasteiger partial charge in [0.05, 0.1) is 11.3 Å². The zero-order chi connectivity index (χ0) is 14.2. The van der Waals surface area contributed by atoms with Gasteiger partial charge >= 0.3 is 12.1 Å². The Morgan fingerprint density at radius 2 is 1.95 bits per heavy atom. The molecule has 3 N–H and O–H groups in total. The van der Waals surface area contributed by atoms with Gasteiger partial charge in [0.1, 0.15) is 4.88 Å². The quantitative estimate of drug-likeness (QED) is 0.885. The van der Waals surface area contributed by atoms with Crippen molar-refractivity contribution in [3.8, 4) is 10.4 Å². The Kier molecular flexibility index (Phi) is 3.23. The highest BCUT2D eigenvalue weighted by Crippen LogP contribution is 2.36. The van der Waals surface area contributed by atoms with Crippen LogP contribution < -0.4 is 5.73 Å². The normalized spacial score (nSPS) is 11.5. The molecule has 2 aromatic rings. The first-order valence-corrected chi connectivity index (χ1v) is 5.91. The van der Waals surface area contributed by atoms with Crippen molar-refractivity contribution in [2.75, 3.05) is 5.73 Å². The summed E-state index contributed by atoms with van der Waals surface area (Å²) < 4.78 is 37.7. The predicted molar refractivity (Wildman–Crippen MR) is 66.1 cm³/mol. The van der Waals surface area contributed by atoms with Crippen LogP contribution in [0.1, 0.15) is 15.2 Å². The maximum Gasteiger partial charge on any atom is 0.416 e. The second-order valence-corrected chi connectivity index (χ2v) is 4.83. The van der Waals surface area contributed by atoms with Crippen LogP contribution in [0, 0.1) is 0 Å². The number of nitrogen functional groups attached to an aromatic ring is 1. The Morgan fingerprint density at radius 3 is 2.47 bits per heavy atom. The van der Waals surface area contributed by atoms with Gasteiger partial charge in [-0.05, 0) is 23.8 Å². The van der Waals surface area contributed by atoms with Gasteiger partial charge in [-0.2, -0.15) is 13.2 Å². The summed E-state index contributed by atoms with van der Waals surface area (Å²) >= 11 is 0.848. The minimum atomic E-state index is -4.44. The second kappa shape index (κ2) is 4.58. The predicted octanol–water partition coefficient (Wildman–Crippen LogP) is 3.71. The van der Waals surface area contributed by atoms with E-state index in [1.807, 2.05) is 0 Å². The van der Waals surface area contributed by atoms with E-state index in [0.29, 0.717) is 10.4 Å². The summed E-state index contributed by atoms with van der Waals surface area (Å²) in [7, 11) is 0. The summed E-state index contributed by atoms with van der Waals surface area (Å²) in [6.07, 6.45) is -4.44. The summed E-state index contributed by atoms with van der Waals surface area (Å²) in [6, 6.07) is 6.04. The SMILES string of the molecule is Nc1cc(-c2cccc(C(F)(F)F)c2)sc1C(=O)O. The molecule has 0 saturated heterocycles. The van der Waals surface area contributed by atoms with Crippen LogP contribution in [0.25, 0.3) is 10.4 Å². The maximum atomic E-state index is 12.6. The van der Waals surface area contributed by atoms with Gasteiger partial charge in [-0.1, -0.05) is 12.1 Å². The topological polar surface area (TPSA) is 63.3 Å². The molecule has 0 aliphatic rings. The first-order valence-electron chi connectivity index (χ1n) is 5.09. The molecule has 1 heterocycles. The summed E-state index contributed by atoms with van der Waals surface area (Å²) in [5.74, 6) is -1.19. The van der Waals surface area contributed by atoms with Gasteiger partial charge < -0.3 is 10.8 Å². The van der Waals surface area contributed by atoms with Gasteiger partial charge in [0.2, 0.25) is 0 Å². The van der Waals surface area contributed by atoms with Crippen molar-refractivity contribution >= 4 is 23.0 Å². The van der Waals surface area contributed by atoms with E-state index in [-0.39, 0.29) is 10.6 Å². The Morgan fingerprint density at radius 1 is 1.26 bits per heavy atom. The lowest BCUT2D eigenvalue weighted by atomic mass is 10.1. The summed E-state index contributed by atoms with van der Waals surface area (Å²) in [4.78, 5) is 11.2. The fraction of sp³-hybridized carbons (Fsp3) is 0.0833. The van der Waals surface area contributed by atoms with Crippen molar-refractivity contribution in [3.63, 3.8) is 0 Å². The first kappa shape index (κ1) is 13.4. The lowest BCUT2D eigenvalue weighted by molar-refractivity contribution is -0.137. The number of alkyl halides is 3. The number of benzene rings is 1. The van der Waals surface area contributed by atoms with Crippen LogP contribution in [-0.4, -0.2) is 11.1 Å². The second-order valence-electron chi connectivity index (χ2n) is 3.78. The third-order valence-corrected chi connectivity index (χ3v) is 3.62. The number of rotatable bonds is 2. The molecule has 0 aliphatic carbocycles. The average Bonchev–Trinajstić information content (AvgIpc) is 2.70. The van der Waals surface area contributed by atoms with E-state index in [2.05, 4.69) is 0 Å². The molecular weight excluding hydrogens is 279 g/mol. The van der Waals surface area contributed by atoms with Crippen molar-refractivity contribution in [2.24, 2.45) is 0 Å². The molecule has 0 aliphatic heterocycles. The van der Waals surface area contributed by atoms with Crippen LogP contribution in [0.4, 0.5) is 18.9 Å². The number of carbonyl (C=O) groups is 1. The fourth-order valence-electron chi connectivity index (χ4n) is 1.56. The van der Waals surface area contributed by atoms with Crippen LogP contribution in [0.3, 0.4) is 0 Å². The number of carboxylic acid groups (broad SMARTS) is 1. The molecule has 1 aromatic heterocycles. The number of hydrogen-bond acceptors (Lipinski definition) is 3. The molecule has 0 unspecified atom stereocenters. The Labute approximate surface area is 110 Å². The smallest absolute Gasteiger partial charge is 0.416 e. The molecule has 7 heteroatoms. The van der Waals surface area contributed by atoms with Gasteiger partial charge in [-0.15, -0.1) is 11.3 Å². The van der Waals surface area contributed by atoms with E-state index in [0.717, 1.165) is 23.5 Å². The molecule has 0 amide bonds. The van der Waals surface area contributed by atoms with E-state index >= 15 is 0 Å². The van der Waals surface area contributed by atoms with Crippen molar-refractivity contribution in [2.45, 2.75) is 6.18 Å². The minimum absolute atomic E-state index is 0.0462. The molecule has 100 valence electrons. The van der Waals surface area contributed by atoms with Crippen molar-refractivity contribution in [1.82, 2.24) is 0 Å². The number of carboxylic acids is 1. The van der Waals surface area contributed by atoms with Gasteiger partial charge in [-0.25, -0.2) is 4.79 Å². The van der Waals surface area contributed by atoms with E-state index in [1.54, 1.807) is 0 Å². The molecule has 0 radical (unpaired) electrons. The first-order chi connectivity index (χ1) is 8.79.